The summed E-state index contributed by atoms with van der Waals surface area (Å²) in [5.41, 5.74) is 0. The highest BCUT2D eigenvalue weighted by atomic mass is 35.5. The molecule has 0 spiro atoms. The number of likely N-dealkylation sites (tertiary alicyclic amines) is 1. The third kappa shape index (κ3) is 3.51. The summed E-state index contributed by atoms with van der Waals surface area (Å²) in [7, 11) is 0. The van der Waals surface area contributed by atoms with Gasteiger partial charge < -0.3 is 10.2 Å². The summed E-state index contributed by atoms with van der Waals surface area (Å²) < 4.78 is 0.971. The van der Waals surface area contributed by atoms with Crippen LogP contribution in [0.4, 0.5) is 0 Å². The van der Waals surface area contributed by atoms with Crippen LogP contribution >= 0.6 is 22.9 Å². The van der Waals surface area contributed by atoms with Crippen molar-refractivity contribution in [1.29, 1.82) is 0 Å². The van der Waals surface area contributed by atoms with Crippen LogP contribution in [-0.2, 0) is 4.79 Å². The monoisotopic (exact) mass is 350 g/mol. The SMILES string of the molecule is C[C@@H]1CCCN(C(=O)CNC(=O)c2sc3ccccc3c2Cl)C1. The second kappa shape index (κ2) is 6.89. The van der Waals surface area contributed by atoms with Crippen LogP contribution in [0.25, 0.3) is 10.1 Å². The zero-order valence-electron chi connectivity index (χ0n) is 13.0. The largest absolute Gasteiger partial charge is 0.342 e. The lowest BCUT2D eigenvalue weighted by atomic mass is 10.0. The van der Waals surface area contributed by atoms with Gasteiger partial charge in [-0.15, -0.1) is 11.3 Å². The van der Waals surface area contributed by atoms with Crippen molar-refractivity contribution in [2.24, 2.45) is 5.92 Å². The lowest BCUT2D eigenvalue weighted by Crippen LogP contribution is -2.44. The van der Waals surface area contributed by atoms with E-state index in [9.17, 15) is 9.59 Å². The average molecular weight is 351 g/mol. The minimum atomic E-state index is -0.283. The first kappa shape index (κ1) is 16.3. The van der Waals surface area contributed by atoms with Gasteiger partial charge in [0.15, 0.2) is 0 Å². The quantitative estimate of drug-likeness (QED) is 0.920. The first-order valence-electron chi connectivity index (χ1n) is 7.79. The maximum atomic E-state index is 12.3. The van der Waals surface area contributed by atoms with Gasteiger partial charge in [-0.2, -0.15) is 0 Å². The standard InChI is InChI=1S/C17H19ClN2O2S/c1-11-5-4-8-20(10-11)14(21)9-19-17(22)16-15(18)12-6-2-3-7-13(12)23-16/h2-3,6-7,11H,4-5,8-10H2,1H3,(H,19,22)/t11-/m1/s1. The molecule has 23 heavy (non-hydrogen) atoms. The first-order valence-corrected chi connectivity index (χ1v) is 8.98. The summed E-state index contributed by atoms with van der Waals surface area (Å²) in [6.07, 6.45) is 2.19. The molecule has 1 aromatic heterocycles. The van der Waals surface area contributed by atoms with E-state index in [0.717, 1.165) is 36.0 Å². The van der Waals surface area contributed by atoms with Crippen LogP contribution in [0.3, 0.4) is 0 Å². The third-order valence-corrected chi connectivity index (χ3v) is 5.83. The number of halogens is 1. The molecule has 1 N–H and O–H groups in total. The van der Waals surface area contributed by atoms with Crippen LogP contribution in [0.2, 0.25) is 5.02 Å². The van der Waals surface area contributed by atoms with E-state index in [1.54, 1.807) is 0 Å². The average Bonchev–Trinajstić information content (AvgIpc) is 2.90. The van der Waals surface area contributed by atoms with Gasteiger partial charge in [0.2, 0.25) is 5.91 Å². The first-order chi connectivity index (χ1) is 11.1. The molecule has 1 aliphatic heterocycles. The zero-order valence-corrected chi connectivity index (χ0v) is 14.5. The molecule has 1 fully saturated rings. The predicted octanol–water partition coefficient (Wildman–Crippen LogP) is 3.54. The fourth-order valence-corrected chi connectivity index (χ4v) is 4.36. The van der Waals surface area contributed by atoms with Crippen molar-refractivity contribution in [2.75, 3.05) is 19.6 Å². The number of amides is 2. The molecule has 2 aromatic rings. The summed E-state index contributed by atoms with van der Waals surface area (Å²) in [6.45, 7) is 3.73. The maximum Gasteiger partial charge on any atom is 0.263 e. The minimum absolute atomic E-state index is 0.0239. The molecule has 6 heteroatoms. The summed E-state index contributed by atoms with van der Waals surface area (Å²) >= 11 is 7.64. The van der Waals surface area contributed by atoms with Crippen molar-refractivity contribution in [1.82, 2.24) is 10.2 Å². The van der Waals surface area contributed by atoms with E-state index < -0.39 is 0 Å². The Bertz CT molecular complexity index is 743. The Balaban J connectivity index is 1.64. The van der Waals surface area contributed by atoms with Gasteiger partial charge in [-0.3, -0.25) is 9.59 Å². The van der Waals surface area contributed by atoms with Crippen LogP contribution in [0.5, 0.6) is 0 Å². The Morgan fingerprint density at radius 3 is 2.91 bits per heavy atom. The maximum absolute atomic E-state index is 12.3. The fourth-order valence-electron chi connectivity index (χ4n) is 2.92. The number of nitrogens with zero attached hydrogens (tertiary/aromatic N) is 1. The van der Waals surface area contributed by atoms with Crippen molar-refractivity contribution >= 4 is 44.8 Å². The van der Waals surface area contributed by atoms with E-state index in [1.165, 1.54) is 11.3 Å². The van der Waals surface area contributed by atoms with Gasteiger partial charge in [0.1, 0.15) is 4.88 Å². The highest BCUT2D eigenvalue weighted by molar-refractivity contribution is 7.21. The van der Waals surface area contributed by atoms with E-state index in [0.29, 0.717) is 15.8 Å². The van der Waals surface area contributed by atoms with Gasteiger partial charge in [-0.1, -0.05) is 36.7 Å². The number of carbonyl (C=O) groups is 2. The summed E-state index contributed by atoms with van der Waals surface area (Å²) in [5, 5.41) is 4.04. The Hall–Kier alpha value is -1.59. The Morgan fingerprint density at radius 1 is 1.39 bits per heavy atom. The Kier molecular flexibility index (Phi) is 4.87. The van der Waals surface area contributed by atoms with Crippen molar-refractivity contribution < 1.29 is 9.59 Å². The summed E-state index contributed by atoms with van der Waals surface area (Å²) in [4.78, 5) is 26.8. The molecule has 1 aliphatic rings. The smallest absolute Gasteiger partial charge is 0.263 e. The van der Waals surface area contributed by atoms with Gasteiger partial charge in [0.05, 0.1) is 11.6 Å². The van der Waals surface area contributed by atoms with Crippen LogP contribution in [-0.4, -0.2) is 36.3 Å². The van der Waals surface area contributed by atoms with Gasteiger partial charge in [-0.25, -0.2) is 0 Å². The topological polar surface area (TPSA) is 49.4 Å². The molecule has 2 amide bonds. The second-order valence-corrected chi connectivity index (χ2v) is 7.44. The molecule has 1 saturated heterocycles. The predicted molar refractivity (Wildman–Crippen MR) is 94.1 cm³/mol. The van der Waals surface area contributed by atoms with Gasteiger partial charge in [0.25, 0.3) is 5.91 Å². The highest BCUT2D eigenvalue weighted by Crippen LogP contribution is 2.34. The highest BCUT2D eigenvalue weighted by Gasteiger charge is 2.22. The number of fused-ring (bicyclic) bond motifs is 1. The van der Waals surface area contributed by atoms with Gasteiger partial charge >= 0.3 is 0 Å². The molecular formula is C17H19ClN2O2S. The summed E-state index contributed by atoms with van der Waals surface area (Å²) in [6, 6.07) is 7.63. The van der Waals surface area contributed by atoms with Crippen LogP contribution in [0, 0.1) is 5.92 Å². The lowest BCUT2D eigenvalue weighted by molar-refractivity contribution is -0.131. The van der Waals surface area contributed by atoms with Crippen molar-refractivity contribution in [3.8, 4) is 0 Å². The number of carbonyl (C=O) groups excluding carboxylic acids is 2. The Morgan fingerprint density at radius 2 is 2.17 bits per heavy atom. The van der Waals surface area contributed by atoms with Crippen molar-refractivity contribution in [3.05, 3.63) is 34.2 Å². The number of rotatable bonds is 3. The van der Waals surface area contributed by atoms with Crippen LogP contribution in [0.1, 0.15) is 29.4 Å². The molecular weight excluding hydrogens is 332 g/mol. The summed E-state index contributed by atoms with van der Waals surface area (Å²) in [5.74, 6) is 0.220. The molecule has 4 nitrogen and oxygen atoms in total. The lowest BCUT2D eigenvalue weighted by Gasteiger charge is -2.31. The van der Waals surface area contributed by atoms with E-state index in [1.807, 2.05) is 29.2 Å². The fraction of sp³-hybridized carbons (Fsp3) is 0.412. The van der Waals surface area contributed by atoms with Gasteiger partial charge in [0, 0.05) is 23.2 Å². The third-order valence-electron chi connectivity index (χ3n) is 4.15. The van der Waals surface area contributed by atoms with E-state index in [4.69, 9.17) is 11.6 Å². The molecule has 1 atom stereocenters. The molecule has 2 heterocycles. The number of thiophene rings is 1. The normalized spacial score (nSPS) is 18.2. The molecule has 122 valence electrons. The molecule has 0 aliphatic carbocycles. The van der Waals surface area contributed by atoms with Crippen molar-refractivity contribution in [3.63, 3.8) is 0 Å². The van der Waals surface area contributed by atoms with E-state index in [-0.39, 0.29) is 18.4 Å². The molecule has 0 unspecified atom stereocenters. The van der Waals surface area contributed by atoms with E-state index in [2.05, 4.69) is 12.2 Å². The molecule has 1 aromatic carbocycles. The molecule has 0 radical (unpaired) electrons. The van der Waals surface area contributed by atoms with Gasteiger partial charge in [-0.05, 0) is 24.8 Å². The van der Waals surface area contributed by atoms with Crippen molar-refractivity contribution in [2.45, 2.75) is 19.8 Å². The second-order valence-electron chi connectivity index (χ2n) is 6.01. The number of hydrogen-bond acceptors (Lipinski definition) is 3. The number of benzene rings is 1. The Labute approximate surface area is 144 Å². The zero-order chi connectivity index (χ0) is 16.4. The number of hydrogen-bond donors (Lipinski definition) is 1. The van der Waals surface area contributed by atoms with E-state index >= 15 is 0 Å². The number of nitrogens with one attached hydrogen (secondary N) is 1. The number of piperidine rings is 1. The minimum Gasteiger partial charge on any atom is -0.342 e. The molecule has 0 saturated carbocycles. The van der Waals surface area contributed by atoms with Crippen LogP contribution in [0.15, 0.2) is 24.3 Å². The molecule has 0 bridgehead atoms. The van der Waals surface area contributed by atoms with Crippen LogP contribution < -0.4 is 5.32 Å². The molecule has 3 rings (SSSR count).